The van der Waals surface area contributed by atoms with Gasteiger partial charge in [-0.3, -0.25) is 0 Å². The lowest BCUT2D eigenvalue weighted by Gasteiger charge is -2.54. The number of hydrogen-bond acceptors (Lipinski definition) is 2. The summed E-state index contributed by atoms with van der Waals surface area (Å²) in [6.07, 6.45) is 8.56. The molecule has 3 atom stereocenters. The van der Waals surface area contributed by atoms with E-state index < -0.39 is 0 Å². The minimum atomic E-state index is 0.371. The molecule has 2 heteroatoms. The fourth-order valence-corrected chi connectivity index (χ4v) is 3.27. The van der Waals surface area contributed by atoms with E-state index in [1.165, 1.54) is 38.5 Å². The Morgan fingerprint density at radius 3 is 2.59 bits per heavy atom. The molecule has 0 radical (unpaired) electrons. The van der Waals surface area contributed by atoms with Crippen LogP contribution in [-0.4, -0.2) is 25.3 Å². The van der Waals surface area contributed by atoms with Gasteiger partial charge in [0.05, 0.1) is 6.10 Å². The van der Waals surface area contributed by atoms with Crippen LogP contribution in [0, 0.1) is 11.3 Å². The molecule has 0 amide bonds. The topological polar surface area (TPSA) is 21.3 Å². The van der Waals surface area contributed by atoms with Crippen molar-refractivity contribution in [3.05, 3.63) is 0 Å². The first kappa shape index (κ1) is 13.4. The van der Waals surface area contributed by atoms with Crippen molar-refractivity contribution in [1.29, 1.82) is 0 Å². The van der Waals surface area contributed by atoms with E-state index in [-0.39, 0.29) is 0 Å². The summed E-state index contributed by atoms with van der Waals surface area (Å²) in [4.78, 5) is 0. The molecule has 0 bridgehead atoms. The fraction of sp³-hybridized carbons (Fsp3) is 1.00. The van der Waals surface area contributed by atoms with E-state index in [9.17, 15) is 0 Å². The second-order valence-corrected chi connectivity index (χ2v) is 6.15. The summed E-state index contributed by atoms with van der Waals surface area (Å²) in [6, 6.07) is 0.672. The van der Waals surface area contributed by atoms with E-state index in [0.717, 1.165) is 19.1 Å². The van der Waals surface area contributed by atoms with Gasteiger partial charge in [-0.15, -0.1) is 0 Å². The van der Waals surface area contributed by atoms with Gasteiger partial charge in [-0.1, -0.05) is 40.0 Å². The van der Waals surface area contributed by atoms with Crippen LogP contribution in [0.15, 0.2) is 0 Å². The number of hydrogen-bond donors (Lipinski definition) is 1. The molecule has 2 nitrogen and oxygen atoms in total. The summed E-state index contributed by atoms with van der Waals surface area (Å²) in [7, 11) is 0. The standard InChI is InChI=1S/C15H29NO/c1-4-15(3)13(16-5-2)11-14(15)17-10-9-12-7-6-8-12/h12-14,16H,4-11H2,1-3H3. The SMILES string of the molecule is CCNC1CC(OCCC2CCC2)C1(C)CC. The molecular weight excluding hydrogens is 210 g/mol. The number of rotatable bonds is 7. The maximum absolute atomic E-state index is 6.13. The van der Waals surface area contributed by atoms with Crippen LogP contribution in [0.3, 0.4) is 0 Å². The minimum absolute atomic E-state index is 0.371. The molecule has 1 N–H and O–H groups in total. The van der Waals surface area contributed by atoms with E-state index in [1.54, 1.807) is 0 Å². The number of ether oxygens (including phenoxy) is 1. The van der Waals surface area contributed by atoms with Gasteiger partial charge in [0.25, 0.3) is 0 Å². The number of nitrogens with one attached hydrogen (secondary N) is 1. The summed E-state index contributed by atoms with van der Waals surface area (Å²) < 4.78 is 6.13. The largest absolute Gasteiger partial charge is 0.378 e. The first-order valence-corrected chi connectivity index (χ1v) is 7.55. The first-order valence-electron chi connectivity index (χ1n) is 7.55. The van der Waals surface area contributed by atoms with Crippen molar-refractivity contribution in [3.8, 4) is 0 Å². The molecular formula is C15H29NO. The Bertz CT molecular complexity index is 239. The van der Waals surface area contributed by atoms with Crippen molar-refractivity contribution in [2.24, 2.45) is 11.3 Å². The minimum Gasteiger partial charge on any atom is -0.378 e. The molecule has 3 unspecified atom stereocenters. The van der Waals surface area contributed by atoms with Crippen LogP contribution in [0.2, 0.25) is 0 Å². The van der Waals surface area contributed by atoms with Gasteiger partial charge in [0.1, 0.15) is 0 Å². The monoisotopic (exact) mass is 239 g/mol. The Kier molecular flexibility index (Phi) is 4.48. The molecule has 0 spiro atoms. The quantitative estimate of drug-likeness (QED) is 0.735. The lowest BCUT2D eigenvalue weighted by atomic mass is 9.61. The van der Waals surface area contributed by atoms with Crippen molar-refractivity contribution in [3.63, 3.8) is 0 Å². The Balaban J connectivity index is 1.70. The third-order valence-electron chi connectivity index (χ3n) is 5.26. The molecule has 2 aliphatic rings. The van der Waals surface area contributed by atoms with Crippen LogP contribution in [0.4, 0.5) is 0 Å². The Morgan fingerprint density at radius 2 is 2.06 bits per heavy atom. The third kappa shape index (κ3) is 2.68. The molecule has 0 saturated heterocycles. The molecule has 0 aromatic rings. The smallest absolute Gasteiger partial charge is 0.0658 e. The van der Waals surface area contributed by atoms with E-state index in [0.29, 0.717) is 17.6 Å². The van der Waals surface area contributed by atoms with Crippen molar-refractivity contribution >= 4 is 0 Å². The lowest BCUT2D eigenvalue weighted by molar-refractivity contribution is -0.131. The highest BCUT2D eigenvalue weighted by Crippen LogP contribution is 2.46. The predicted octanol–water partition coefficient (Wildman–Crippen LogP) is 3.36. The third-order valence-corrected chi connectivity index (χ3v) is 5.26. The fourth-order valence-electron chi connectivity index (χ4n) is 3.27. The first-order chi connectivity index (χ1) is 8.20. The maximum atomic E-state index is 6.13. The van der Waals surface area contributed by atoms with Gasteiger partial charge in [-0.25, -0.2) is 0 Å². The summed E-state index contributed by atoms with van der Waals surface area (Å²) in [5.41, 5.74) is 0.371. The van der Waals surface area contributed by atoms with Crippen LogP contribution in [0.5, 0.6) is 0 Å². The van der Waals surface area contributed by atoms with Gasteiger partial charge in [-0.2, -0.15) is 0 Å². The van der Waals surface area contributed by atoms with Crippen molar-refractivity contribution in [1.82, 2.24) is 5.32 Å². The van der Waals surface area contributed by atoms with Crippen LogP contribution in [0.1, 0.15) is 59.3 Å². The summed E-state index contributed by atoms with van der Waals surface area (Å²) in [5.74, 6) is 0.979. The average molecular weight is 239 g/mol. The highest BCUT2D eigenvalue weighted by atomic mass is 16.5. The highest BCUT2D eigenvalue weighted by molar-refractivity contribution is 5.04. The molecule has 0 heterocycles. The molecule has 0 aromatic heterocycles. The average Bonchev–Trinajstić information content (AvgIpc) is 2.28. The van der Waals surface area contributed by atoms with Gasteiger partial charge < -0.3 is 10.1 Å². The summed E-state index contributed by atoms with van der Waals surface area (Å²) in [5, 5.41) is 3.59. The molecule has 0 aromatic carbocycles. The van der Waals surface area contributed by atoms with Crippen molar-refractivity contribution in [2.45, 2.75) is 71.4 Å². The van der Waals surface area contributed by atoms with Crippen LogP contribution in [0.25, 0.3) is 0 Å². The van der Waals surface area contributed by atoms with E-state index in [1.807, 2.05) is 0 Å². The van der Waals surface area contributed by atoms with Crippen molar-refractivity contribution in [2.75, 3.05) is 13.2 Å². The summed E-state index contributed by atoms with van der Waals surface area (Å²) in [6.45, 7) is 8.95. The second kappa shape index (κ2) is 5.71. The normalized spacial score (nSPS) is 37.6. The molecule has 2 fully saturated rings. The summed E-state index contributed by atoms with van der Waals surface area (Å²) >= 11 is 0. The van der Waals surface area contributed by atoms with Gasteiger partial charge in [-0.05, 0) is 31.7 Å². The zero-order chi connectivity index (χ0) is 12.3. The van der Waals surface area contributed by atoms with E-state index in [2.05, 4.69) is 26.1 Å². The maximum Gasteiger partial charge on any atom is 0.0658 e. The lowest BCUT2D eigenvalue weighted by Crippen LogP contribution is -2.62. The molecule has 2 saturated carbocycles. The molecule has 0 aliphatic heterocycles. The molecule has 2 aliphatic carbocycles. The van der Waals surface area contributed by atoms with Gasteiger partial charge in [0, 0.05) is 18.1 Å². The van der Waals surface area contributed by atoms with Crippen LogP contribution in [-0.2, 0) is 4.74 Å². The Morgan fingerprint density at radius 1 is 1.29 bits per heavy atom. The second-order valence-electron chi connectivity index (χ2n) is 6.15. The Labute approximate surface area is 107 Å². The van der Waals surface area contributed by atoms with Gasteiger partial charge >= 0.3 is 0 Å². The Hall–Kier alpha value is -0.0800. The predicted molar refractivity (Wildman–Crippen MR) is 72.2 cm³/mol. The molecule has 2 rings (SSSR count). The van der Waals surface area contributed by atoms with Gasteiger partial charge in [0.15, 0.2) is 0 Å². The zero-order valence-electron chi connectivity index (χ0n) is 11.8. The van der Waals surface area contributed by atoms with E-state index in [4.69, 9.17) is 4.74 Å². The highest BCUT2D eigenvalue weighted by Gasteiger charge is 2.50. The van der Waals surface area contributed by atoms with Crippen molar-refractivity contribution < 1.29 is 4.74 Å². The van der Waals surface area contributed by atoms with Gasteiger partial charge in [0.2, 0.25) is 0 Å². The van der Waals surface area contributed by atoms with Crippen LogP contribution >= 0.6 is 0 Å². The van der Waals surface area contributed by atoms with E-state index >= 15 is 0 Å². The molecule has 17 heavy (non-hydrogen) atoms. The van der Waals surface area contributed by atoms with Crippen LogP contribution < -0.4 is 5.32 Å². The molecule has 100 valence electrons. The zero-order valence-corrected chi connectivity index (χ0v) is 11.8.